The Hall–Kier alpha value is 0.00688. The maximum Gasteiger partial charge on any atom is 0.500 e. The van der Waals surface area contributed by atoms with E-state index >= 15 is 0 Å². The molecular formula is C15H35NO5SSi. The van der Waals surface area contributed by atoms with Gasteiger partial charge in [-0.15, -0.1) is 0 Å². The van der Waals surface area contributed by atoms with Crippen LogP contribution in [0.5, 0.6) is 0 Å². The number of rotatable bonds is 16. The van der Waals surface area contributed by atoms with E-state index in [4.69, 9.17) is 13.3 Å². The summed E-state index contributed by atoms with van der Waals surface area (Å²) >= 11 is 0. The Labute approximate surface area is 143 Å². The van der Waals surface area contributed by atoms with E-state index < -0.39 is 18.8 Å². The zero-order valence-corrected chi connectivity index (χ0v) is 17.0. The van der Waals surface area contributed by atoms with Crippen LogP contribution in [-0.2, 0) is 23.3 Å². The topological polar surface area (TPSA) is 73.9 Å². The number of hydrogen-bond donors (Lipinski definition) is 1. The number of unbranched alkanes of at least 4 members (excludes halogenated alkanes) is 3. The molecule has 0 fully saturated rings. The molecular weight excluding hydrogens is 334 g/mol. The SMILES string of the molecule is CCCCCCS(=O)(=O)NCCC[Si](OCC)(OCC)OCC. The summed E-state index contributed by atoms with van der Waals surface area (Å²) in [5.74, 6) is 0.206. The Morgan fingerprint density at radius 3 is 1.87 bits per heavy atom. The molecule has 1 N–H and O–H groups in total. The predicted molar refractivity (Wildman–Crippen MR) is 96.0 cm³/mol. The lowest BCUT2D eigenvalue weighted by Gasteiger charge is -2.28. The van der Waals surface area contributed by atoms with E-state index in [1.807, 2.05) is 20.8 Å². The van der Waals surface area contributed by atoms with Gasteiger partial charge in [-0.05, 0) is 33.6 Å². The smallest absolute Gasteiger partial charge is 0.374 e. The van der Waals surface area contributed by atoms with Crippen molar-refractivity contribution in [1.29, 1.82) is 0 Å². The Bertz CT molecular complexity index is 361. The summed E-state index contributed by atoms with van der Waals surface area (Å²) in [4.78, 5) is 0. The Morgan fingerprint density at radius 2 is 1.39 bits per heavy atom. The van der Waals surface area contributed by atoms with E-state index in [0.717, 1.165) is 25.7 Å². The van der Waals surface area contributed by atoms with Crippen LogP contribution < -0.4 is 4.72 Å². The van der Waals surface area contributed by atoms with Gasteiger partial charge in [-0.25, -0.2) is 13.1 Å². The molecule has 6 nitrogen and oxygen atoms in total. The third kappa shape index (κ3) is 11.2. The van der Waals surface area contributed by atoms with Crippen LogP contribution in [0.2, 0.25) is 6.04 Å². The minimum Gasteiger partial charge on any atom is -0.374 e. The highest BCUT2D eigenvalue weighted by atomic mass is 32.2. The molecule has 140 valence electrons. The number of hydrogen-bond acceptors (Lipinski definition) is 5. The second-order valence-corrected chi connectivity index (χ2v) is 10.0. The molecule has 0 aliphatic heterocycles. The second-order valence-electron chi connectivity index (χ2n) is 5.36. The zero-order chi connectivity index (χ0) is 17.6. The summed E-state index contributed by atoms with van der Waals surface area (Å²) < 4.78 is 43.7. The van der Waals surface area contributed by atoms with Gasteiger partial charge >= 0.3 is 8.80 Å². The van der Waals surface area contributed by atoms with Crippen LogP contribution >= 0.6 is 0 Å². The fraction of sp³-hybridized carbons (Fsp3) is 1.00. The molecule has 0 aliphatic rings. The molecule has 0 saturated carbocycles. The van der Waals surface area contributed by atoms with Gasteiger partial charge in [0.25, 0.3) is 0 Å². The lowest BCUT2D eigenvalue weighted by atomic mass is 10.2. The fourth-order valence-corrected chi connectivity index (χ4v) is 6.12. The van der Waals surface area contributed by atoms with E-state index in [-0.39, 0.29) is 5.75 Å². The first-order valence-electron chi connectivity index (χ1n) is 8.84. The van der Waals surface area contributed by atoms with Gasteiger partial charge in [-0.3, -0.25) is 0 Å². The van der Waals surface area contributed by atoms with E-state index in [9.17, 15) is 8.42 Å². The molecule has 0 spiro atoms. The Morgan fingerprint density at radius 1 is 0.826 bits per heavy atom. The third-order valence-electron chi connectivity index (χ3n) is 3.34. The van der Waals surface area contributed by atoms with Gasteiger partial charge in [-0.1, -0.05) is 26.2 Å². The molecule has 0 unspecified atom stereocenters. The number of nitrogens with one attached hydrogen (secondary N) is 1. The van der Waals surface area contributed by atoms with E-state index in [1.165, 1.54) is 0 Å². The molecule has 0 aliphatic carbocycles. The number of sulfonamides is 1. The summed E-state index contributed by atoms with van der Waals surface area (Å²) in [7, 11) is -5.84. The Kier molecular flexibility index (Phi) is 13.3. The summed E-state index contributed by atoms with van der Waals surface area (Å²) in [6.07, 6.45) is 4.53. The van der Waals surface area contributed by atoms with Crippen molar-refractivity contribution in [3.8, 4) is 0 Å². The quantitative estimate of drug-likeness (QED) is 0.334. The summed E-state index contributed by atoms with van der Waals surface area (Å²) in [6, 6.07) is 0.626. The first-order valence-corrected chi connectivity index (χ1v) is 12.4. The molecule has 8 heteroatoms. The van der Waals surface area contributed by atoms with E-state index in [1.54, 1.807) is 0 Å². The summed E-state index contributed by atoms with van der Waals surface area (Å²) in [5, 5.41) is 0. The highest BCUT2D eigenvalue weighted by Crippen LogP contribution is 2.17. The van der Waals surface area contributed by atoms with Crippen LogP contribution in [0.1, 0.15) is 59.8 Å². The average Bonchev–Trinajstić information content (AvgIpc) is 2.49. The summed E-state index contributed by atoms with van der Waals surface area (Å²) in [5.41, 5.74) is 0. The third-order valence-corrected chi connectivity index (χ3v) is 7.96. The predicted octanol–water partition coefficient (Wildman–Crippen LogP) is 2.92. The van der Waals surface area contributed by atoms with Gasteiger partial charge in [-0.2, -0.15) is 0 Å². The molecule has 0 aromatic carbocycles. The lowest BCUT2D eigenvalue weighted by molar-refractivity contribution is 0.0709. The molecule has 0 heterocycles. The maximum absolute atomic E-state index is 11.9. The van der Waals surface area contributed by atoms with Crippen molar-refractivity contribution >= 4 is 18.8 Å². The van der Waals surface area contributed by atoms with Gasteiger partial charge in [0, 0.05) is 32.4 Å². The lowest BCUT2D eigenvalue weighted by Crippen LogP contribution is -2.46. The van der Waals surface area contributed by atoms with Gasteiger partial charge in [0.2, 0.25) is 10.0 Å². The highest BCUT2D eigenvalue weighted by Gasteiger charge is 2.39. The highest BCUT2D eigenvalue weighted by molar-refractivity contribution is 7.89. The van der Waals surface area contributed by atoms with Crippen molar-refractivity contribution in [2.75, 3.05) is 32.1 Å². The molecule has 0 rings (SSSR count). The van der Waals surface area contributed by atoms with Crippen molar-refractivity contribution < 1.29 is 21.7 Å². The minimum atomic E-state index is -3.17. The van der Waals surface area contributed by atoms with E-state index in [2.05, 4.69) is 11.6 Å². The molecule has 0 atom stereocenters. The molecule has 0 radical (unpaired) electrons. The van der Waals surface area contributed by atoms with E-state index in [0.29, 0.717) is 38.8 Å². The first kappa shape index (κ1) is 23.0. The van der Waals surface area contributed by atoms with Crippen molar-refractivity contribution in [3.63, 3.8) is 0 Å². The molecule has 0 aromatic rings. The maximum atomic E-state index is 11.9. The standard InChI is InChI=1S/C15H35NO5SSi/c1-5-9-10-11-14-22(17,18)16-13-12-15-23(19-6-2,20-7-3)21-8-4/h16H,5-15H2,1-4H3. The van der Waals surface area contributed by atoms with Crippen molar-refractivity contribution in [3.05, 3.63) is 0 Å². The van der Waals surface area contributed by atoms with Crippen LogP contribution in [0, 0.1) is 0 Å². The molecule has 0 amide bonds. The van der Waals surface area contributed by atoms with Crippen molar-refractivity contribution in [1.82, 2.24) is 4.72 Å². The zero-order valence-electron chi connectivity index (χ0n) is 15.2. The van der Waals surface area contributed by atoms with Crippen molar-refractivity contribution in [2.45, 2.75) is 65.8 Å². The Balaban J connectivity index is 4.21. The monoisotopic (exact) mass is 369 g/mol. The van der Waals surface area contributed by atoms with Crippen LogP contribution in [-0.4, -0.2) is 49.3 Å². The largest absolute Gasteiger partial charge is 0.500 e. The van der Waals surface area contributed by atoms with Crippen molar-refractivity contribution in [2.24, 2.45) is 0 Å². The molecule has 0 aromatic heterocycles. The van der Waals surface area contributed by atoms with Gasteiger partial charge in [0.1, 0.15) is 0 Å². The summed E-state index contributed by atoms with van der Waals surface area (Å²) in [6.45, 7) is 9.87. The normalized spacial score (nSPS) is 12.7. The van der Waals surface area contributed by atoms with Gasteiger partial charge < -0.3 is 13.3 Å². The second kappa shape index (κ2) is 13.3. The minimum absolute atomic E-state index is 0.206. The van der Waals surface area contributed by atoms with Crippen LogP contribution in [0.15, 0.2) is 0 Å². The van der Waals surface area contributed by atoms with Gasteiger partial charge in [0.15, 0.2) is 0 Å². The molecule has 23 heavy (non-hydrogen) atoms. The molecule has 0 saturated heterocycles. The first-order chi connectivity index (χ1) is 10.9. The molecule has 0 bridgehead atoms. The van der Waals surface area contributed by atoms with Gasteiger partial charge in [0.05, 0.1) is 5.75 Å². The van der Waals surface area contributed by atoms with Crippen LogP contribution in [0.25, 0.3) is 0 Å². The van der Waals surface area contributed by atoms with Crippen LogP contribution in [0.4, 0.5) is 0 Å². The fourth-order valence-electron chi connectivity index (χ4n) is 2.32. The average molecular weight is 370 g/mol. The van der Waals surface area contributed by atoms with Crippen LogP contribution in [0.3, 0.4) is 0 Å².